The van der Waals surface area contributed by atoms with Gasteiger partial charge in [0.25, 0.3) is 0 Å². The molecule has 0 radical (unpaired) electrons. The zero-order valence-electron chi connectivity index (χ0n) is 12.1. The summed E-state index contributed by atoms with van der Waals surface area (Å²) in [5.74, 6) is 0.678. The number of carbonyl (C=O) groups is 2. The highest BCUT2D eigenvalue weighted by molar-refractivity contribution is 5.89. The molecule has 0 saturated heterocycles. The van der Waals surface area contributed by atoms with Gasteiger partial charge in [0.05, 0.1) is 6.61 Å². The molecule has 0 aromatic heterocycles. The number of benzene rings is 1. The van der Waals surface area contributed by atoms with E-state index in [1.807, 2.05) is 13.0 Å². The van der Waals surface area contributed by atoms with Crippen LogP contribution in [-0.4, -0.2) is 44.1 Å². The molecule has 1 aromatic rings. The maximum absolute atomic E-state index is 11.6. The topological polar surface area (TPSA) is 70.7 Å². The van der Waals surface area contributed by atoms with Crippen LogP contribution in [0.3, 0.4) is 0 Å². The molecule has 110 valence electrons. The summed E-state index contributed by atoms with van der Waals surface area (Å²) < 4.78 is 5.35. The Hall–Kier alpha value is -2.24. The van der Waals surface area contributed by atoms with E-state index in [9.17, 15) is 9.59 Å². The SMILES string of the molecule is CCOc1cccc(NC(=O)NCCC(=O)N(C)C)c1. The minimum absolute atomic E-state index is 0.0244. The van der Waals surface area contributed by atoms with E-state index in [4.69, 9.17) is 4.74 Å². The van der Waals surface area contributed by atoms with Crippen molar-refractivity contribution in [2.24, 2.45) is 0 Å². The number of nitrogens with zero attached hydrogens (tertiary/aromatic N) is 1. The van der Waals surface area contributed by atoms with Gasteiger partial charge in [-0.05, 0) is 19.1 Å². The molecule has 0 fully saturated rings. The monoisotopic (exact) mass is 279 g/mol. The molecular weight excluding hydrogens is 258 g/mol. The van der Waals surface area contributed by atoms with Crippen molar-refractivity contribution in [1.82, 2.24) is 10.2 Å². The molecule has 0 spiro atoms. The molecule has 0 saturated carbocycles. The van der Waals surface area contributed by atoms with Gasteiger partial charge >= 0.3 is 6.03 Å². The molecule has 0 bridgehead atoms. The third-order valence-corrected chi connectivity index (χ3v) is 2.53. The Bertz CT molecular complexity index is 461. The largest absolute Gasteiger partial charge is 0.494 e. The van der Waals surface area contributed by atoms with Gasteiger partial charge < -0.3 is 20.3 Å². The summed E-state index contributed by atoms with van der Waals surface area (Å²) in [7, 11) is 3.36. The van der Waals surface area contributed by atoms with Gasteiger partial charge in [-0.2, -0.15) is 0 Å². The van der Waals surface area contributed by atoms with Crippen LogP contribution in [0.1, 0.15) is 13.3 Å². The number of anilines is 1. The van der Waals surface area contributed by atoms with Crippen molar-refractivity contribution in [3.63, 3.8) is 0 Å². The molecule has 1 rings (SSSR count). The fourth-order valence-electron chi connectivity index (χ4n) is 1.51. The van der Waals surface area contributed by atoms with Gasteiger partial charge in [0, 0.05) is 38.8 Å². The second-order valence-electron chi connectivity index (χ2n) is 4.38. The first kappa shape index (κ1) is 15.8. The molecule has 1 aromatic carbocycles. The lowest BCUT2D eigenvalue weighted by Crippen LogP contribution is -2.33. The van der Waals surface area contributed by atoms with Crippen LogP contribution in [0.15, 0.2) is 24.3 Å². The van der Waals surface area contributed by atoms with E-state index in [1.54, 1.807) is 32.3 Å². The van der Waals surface area contributed by atoms with Crippen LogP contribution in [0, 0.1) is 0 Å². The fourth-order valence-corrected chi connectivity index (χ4v) is 1.51. The van der Waals surface area contributed by atoms with E-state index >= 15 is 0 Å². The predicted molar refractivity (Wildman–Crippen MR) is 77.9 cm³/mol. The third kappa shape index (κ3) is 5.60. The number of carbonyl (C=O) groups excluding carboxylic acids is 2. The number of nitrogens with one attached hydrogen (secondary N) is 2. The summed E-state index contributed by atoms with van der Waals surface area (Å²) in [5, 5.41) is 5.32. The molecule has 6 nitrogen and oxygen atoms in total. The average molecular weight is 279 g/mol. The number of rotatable bonds is 6. The Morgan fingerprint density at radius 2 is 2.05 bits per heavy atom. The molecule has 0 aliphatic rings. The van der Waals surface area contributed by atoms with Crippen molar-refractivity contribution < 1.29 is 14.3 Å². The highest BCUT2D eigenvalue weighted by atomic mass is 16.5. The molecule has 0 aliphatic heterocycles. The van der Waals surface area contributed by atoms with Crippen LogP contribution in [0.4, 0.5) is 10.5 Å². The minimum atomic E-state index is -0.342. The van der Waals surface area contributed by atoms with Crippen molar-refractivity contribution in [2.75, 3.05) is 32.6 Å². The number of hydrogen-bond acceptors (Lipinski definition) is 3. The summed E-state index contributed by atoms with van der Waals surface area (Å²) in [4.78, 5) is 24.5. The second-order valence-corrected chi connectivity index (χ2v) is 4.38. The Morgan fingerprint density at radius 1 is 1.30 bits per heavy atom. The number of amides is 3. The lowest BCUT2D eigenvalue weighted by molar-refractivity contribution is -0.128. The normalized spacial score (nSPS) is 9.75. The van der Waals surface area contributed by atoms with E-state index in [0.29, 0.717) is 24.6 Å². The Balaban J connectivity index is 2.38. The summed E-state index contributed by atoms with van der Waals surface area (Å²) in [6.45, 7) is 2.77. The zero-order valence-corrected chi connectivity index (χ0v) is 12.1. The summed E-state index contributed by atoms with van der Waals surface area (Å²) in [6, 6.07) is 6.80. The van der Waals surface area contributed by atoms with Crippen molar-refractivity contribution in [3.8, 4) is 5.75 Å². The first-order chi connectivity index (χ1) is 9.52. The first-order valence-corrected chi connectivity index (χ1v) is 6.50. The maximum Gasteiger partial charge on any atom is 0.319 e. The van der Waals surface area contributed by atoms with Crippen molar-refractivity contribution >= 4 is 17.6 Å². The molecule has 20 heavy (non-hydrogen) atoms. The molecule has 6 heteroatoms. The minimum Gasteiger partial charge on any atom is -0.494 e. The summed E-state index contributed by atoms with van der Waals surface area (Å²) in [6.07, 6.45) is 0.277. The molecule has 0 atom stereocenters. The number of ether oxygens (including phenoxy) is 1. The van der Waals surface area contributed by atoms with E-state index in [2.05, 4.69) is 10.6 Å². The molecular formula is C14H21N3O3. The van der Waals surface area contributed by atoms with Gasteiger partial charge in [0.1, 0.15) is 5.75 Å². The highest BCUT2D eigenvalue weighted by Crippen LogP contribution is 2.16. The average Bonchev–Trinajstić information content (AvgIpc) is 2.39. The van der Waals surface area contributed by atoms with Crippen molar-refractivity contribution in [2.45, 2.75) is 13.3 Å². The van der Waals surface area contributed by atoms with Gasteiger partial charge in [-0.3, -0.25) is 4.79 Å². The van der Waals surface area contributed by atoms with Crippen LogP contribution < -0.4 is 15.4 Å². The van der Waals surface area contributed by atoms with Crippen molar-refractivity contribution in [1.29, 1.82) is 0 Å². The van der Waals surface area contributed by atoms with Crippen LogP contribution in [0.5, 0.6) is 5.75 Å². The third-order valence-electron chi connectivity index (χ3n) is 2.53. The second kappa shape index (κ2) is 8.04. The van der Waals surface area contributed by atoms with E-state index < -0.39 is 0 Å². The Labute approximate surface area is 119 Å². The van der Waals surface area contributed by atoms with Crippen LogP contribution >= 0.6 is 0 Å². The summed E-state index contributed by atoms with van der Waals surface area (Å²) >= 11 is 0. The molecule has 3 amide bonds. The maximum atomic E-state index is 11.6. The van der Waals surface area contributed by atoms with Crippen LogP contribution in [0.25, 0.3) is 0 Å². The predicted octanol–water partition coefficient (Wildman–Crippen LogP) is 1.69. The standard InChI is InChI=1S/C14H21N3O3/c1-4-20-12-7-5-6-11(10-12)16-14(19)15-9-8-13(18)17(2)3/h5-7,10H,4,8-9H2,1-3H3,(H2,15,16,19). The molecule has 0 aliphatic carbocycles. The lowest BCUT2D eigenvalue weighted by atomic mass is 10.3. The zero-order chi connectivity index (χ0) is 15.0. The van der Waals surface area contributed by atoms with Gasteiger partial charge in [-0.1, -0.05) is 6.07 Å². The van der Waals surface area contributed by atoms with Gasteiger partial charge in [-0.15, -0.1) is 0 Å². The number of urea groups is 1. The van der Waals surface area contributed by atoms with Crippen LogP contribution in [0.2, 0.25) is 0 Å². The smallest absolute Gasteiger partial charge is 0.319 e. The first-order valence-electron chi connectivity index (χ1n) is 6.50. The van der Waals surface area contributed by atoms with Gasteiger partial charge in [0.2, 0.25) is 5.91 Å². The van der Waals surface area contributed by atoms with E-state index in [-0.39, 0.29) is 18.4 Å². The van der Waals surface area contributed by atoms with Gasteiger partial charge in [0.15, 0.2) is 0 Å². The van der Waals surface area contributed by atoms with Crippen LogP contribution in [-0.2, 0) is 4.79 Å². The van der Waals surface area contributed by atoms with E-state index in [1.165, 1.54) is 4.90 Å². The highest BCUT2D eigenvalue weighted by Gasteiger charge is 2.06. The quantitative estimate of drug-likeness (QED) is 0.832. The van der Waals surface area contributed by atoms with E-state index in [0.717, 1.165) is 0 Å². The summed E-state index contributed by atoms with van der Waals surface area (Å²) in [5.41, 5.74) is 0.646. The molecule has 2 N–H and O–H groups in total. The van der Waals surface area contributed by atoms with Gasteiger partial charge in [-0.25, -0.2) is 4.79 Å². The lowest BCUT2D eigenvalue weighted by Gasteiger charge is -2.11. The number of hydrogen-bond donors (Lipinski definition) is 2. The Morgan fingerprint density at radius 3 is 2.70 bits per heavy atom. The van der Waals surface area contributed by atoms with Crippen molar-refractivity contribution in [3.05, 3.63) is 24.3 Å². The molecule has 0 heterocycles. The molecule has 0 unspecified atom stereocenters. The Kier molecular flexibility index (Phi) is 6.36. The fraction of sp³-hybridized carbons (Fsp3) is 0.429.